The average Bonchev–Trinajstić information content (AvgIpc) is 2.49. The van der Waals surface area contributed by atoms with Crippen LogP contribution in [0.5, 0.6) is 0 Å². The zero-order chi connectivity index (χ0) is 16.1. The summed E-state index contributed by atoms with van der Waals surface area (Å²) >= 11 is 12.3. The van der Waals surface area contributed by atoms with Crippen molar-refractivity contribution in [2.45, 2.75) is 45.1 Å². The largest absolute Gasteiger partial charge is 0.343 e. The highest BCUT2D eigenvalue weighted by Crippen LogP contribution is 2.27. The fourth-order valence-corrected chi connectivity index (χ4v) is 3.30. The number of carbonyl (C=O) groups excluding carboxylic acids is 1. The topological polar surface area (TPSA) is 46.3 Å². The SMILES string of the molecule is CC(N)CCC(=O)N1CCC(Cc2cc(Cl)ccc2Cl)CC1. The lowest BCUT2D eigenvalue weighted by Gasteiger charge is -2.32. The van der Waals surface area contributed by atoms with Crippen molar-refractivity contribution in [1.29, 1.82) is 0 Å². The molecular formula is C17H24Cl2N2O. The molecule has 5 heteroatoms. The molecule has 1 saturated heterocycles. The molecule has 1 heterocycles. The van der Waals surface area contributed by atoms with E-state index in [4.69, 9.17) is 28.9 Å². The van der Waals surface area contributed by atoms with Crippen molar-refractivity contribution in [2.24, 2.45) is 11.7 Å². The van der Waals surface area contributed by atoms with Crippen molar-refractivity contribution >= 4 is 29.1 Å². The average molecular weight is 343 g/mol. The van der Waals surface area contributed by atoms with Crippen LogP contribution in [0.4, 0.5) is 0 Å². The number of nitrogens with zero attached hydrogens (tertiary/aromatic N) is 1. The molecule has 22 heavy (non-hydrogen) atoms. The van der Waals surface area contributed by atoms with E-state index in [1.54, 1.807) is 0 Å². The molecule has 0 aromatic heterocycles. The Balaban J connectivity index is 1.82. The van der Waals surface area contributed by atoms with Crippen molar-refractivity contribution in [3.8, 4) is 0 Å². The first kappa shape index (κ1) is 17.6. The van der Waals surface area contributed by atoms with Gasteiger partial charge in [-0.1, -0.05) is 23.2 Å². The molecule has 1 aliphatic rings. The third-order valence-corrected chi connectivity index (χ3v) is 4.90. The predicted molar refractivity (Wildman–Crippen MR) is 92.4 cm³/mol. The summed E-state index contributed by atoms with van der Waals surface area (Å²) in [4.78, 5) is 14.1. The predicted octanol–water partition coefficient (Wildman–Crippen LogP) is 3.90. The van der Waals surface area contributed by atoms with Crippen molar-refractivity contribution < 1.29 is 4.79 Å². The summed E-state index contributed by atoms with van der Waals surface area (Å²) in [7, 11) is 0. The molecule has 0 bridgehead atoms. The van der Waals surface area contributed by atoms with Gasteiger partial charge in [-0.05, 0) is 62.3 Å². The van der Waals surface area contributed by atoms with Crippen LogP contribution in [0, 0.1) is 5.92 Å². The number of rotatable bonds is 5. The molecule has 3 nitrogen and oxygen atoms in total. The summed E-state index contributed by atoms with van der Waals surface area (Å²) in [6, 6.07) is 5.70. The Labute approximate surface area is 142 Å². The number of amides is 1. The molecule has 0 saturated carbocycles. The van der Waals surface area contributed by atoms with Crippen LogP contribution in [0.15, 0.2) is 18.2 Å². The molecule has 1 atom stereocenters. The maximum absolute atomic E-state index is 12.1. The van der Waals surface area contributed by atoms with Gasteiger partial charge in [-0.25, -0.2) is 0 Å². The van der Waals surface area contributed by atoms with E-state index in [2.05, 4.69) is 0 Å². The molecule has 122 valence electrons. The van der Waals surface area contributed by atoms with Gasteiger partial charge in [0, 0.05) is 35.6 Å². The summed E-state index contributed by atoms with van der Waals surface area (Å²) in [5.74, 6) is 0.796. The second-order valence-electron chi connectivity index (χ2n) is 6.28. The maximum Gasteiger partial charge on any atom is 0.222 e. The number of likely N-dealkylation sites (tertiary alicyclic amines) is 1. The summed E-state index contributed by atoms with van der Waals surface area (Å²) < 4.78 is 0. The normalized spacial score (nSPS) is 17.5. The second kappa shape index (κ2) is 8.19. The molecule has 1 aromatic rings. The van der Waals surface area contributed by atoms with Gasteiger partial charge >= 0.3 is 0 Å². The van der Waals surface area contributed by atoms with Crippen molar-refractivity contribution in [3.05, 3.63) is 33.8 Å². The van der Waals surface area contributed by atoms with E-state index in [1.165, 1.54) is 0 Å². The van der Waals surface area contributed by atoms with Crippen molar-refractivity contribution in [3.63, 3.8) is 0 Å². The molecule has 0 radical (unpaired) electrons. The Morgan fingerprint density at radius 3 is 2.68 bits per heavy atom. The number of benzene rings is 1. The molecule has 1 amide bonds. The lowest BCUT2D eigenvalue weighted by molar-refractivity contribution is -0.132. The molecule has 1 aliphatic heterocycles. The molecule has 1 fully saturated rings. The van der Waals surface area contributed by atoms with Gasteiger partial charge in [0.1, 0.15) is 0 Å². The third-order valence-electron chi connectivity index (χ3n) is 4.30. The Hall–Kier alpha value is -0.770. The molecular weight excluding hydrogens is 319 g/mol. The van der Waals surface area contributed by atoms with Crippen LogP contribution in [0.3, 0.4) is 0 Å². The van der Waals surface area contributed by atoms with E-state index in [0.717, 1.165) is 54.4 Å². The molecule has 0 aliphatic carbocycles. The van der Waals surface area contributed by atoms with Crippen LogP contribution in [-0.4, -0.2) is 29.9 Å². The maximum atomic E-state index is 12.1. The van der Waals surface area contributed by atoms with E-state index >= 15 is 0 Å². The van der Waals surface area contributed by atoms with Gasteiger partial charge < -0.3 is 10.6 Å². The third kappa shape index (κ3) is 5.15. The Morgan fingerprint density at radius 1 is 1.36 bits per heavy atom. The van der Waals surface area contributed by atoms with Gasteiger partial charge in [-0.15, -0.1) is 0 Å². The number of hydrogen-bond acceptors (Lipinski definition) is 2. The van der Waals surface area contributed by atoms with E-state index in [0.29, 0.717) is 12.3 Å². The van der Waals surface area contributed by atoms with Gasteiger partial charge in [0.2, 0.25) is 5.91 Å². The van der Waals surface area contributed by atoms with Crippen molar-refractivity contribution in [1.82, 2.24) is 4.90 Å². The van der Waals surface area contributed by atoms with E-state index in [9.17, 15) is 4.79 Å². The summed E-state index contributed by atoms with van der Waals surface area (Å²) in [6.07, 6.45) is 4.29. The van der Waals surface area contributed by atoms with E-state index in [1.807, 2.05) is 30.0 Å². The van der Waals surface area contributed by atoms with Gasteiger partial charge in [0.05, 0.1) is 0 Å². The Bertz CT molecular complexity index is 511. The zero-order valence-corrected chi connectivity index (χ0v) is 14.5. The van der Waals surface area contributed by atoms with E-state index < -0.39 is 0 Å². The number of halogens is 2. The lowest BCUT2D eigenvalue weighted by atomic mass is 9.90. The number of piperidine rings is 1. The summed E-state index contributed by atoms with van der Waals surface area (Å²) in [5, 5.41) is 1.50. The van der Waals surface area contributed by atoms with Crippen LogP contribution in [0.1, 0.15) is 38.2 Å². The lowest BCUT2D eigenvalue weighted by Crippen LogP contribution is -2.39. The minimum absolute atomic E-state index is 0.0893. The highest BCUT2D eigenvalue weighted by atomic mass is 35.5. The van der Waals surface area contributed by atoms with E-state index in [-0.39, 0.29) is 11.9 Å². The monoisotopic (exact) mass is 342 g/mol. The minimum atomic E-state index is 0.0893. The van der Waals surface area contributed by atoms with Gasteiger partial charge in [-0.3, -0.25) is 4.79 Å². The van der Waals surface area contributed by atoms with Crippen LogP contribution in [0.25, 0.3) is 0 Å². The first-order valence-corrected chi connectivity index (χ1v) is 8.68. The molecule has 1 unspecified atom stereocenters. The van der Waals surface area contributed by atoms with Crippen molar-refractivity contribution in [2.75, 3.05) is 13.1 Å². The summed E-state index contributed by atoms with van der Waals surface area (Å²) in [5.41, 5.74) is 6.82. The number of carbonyl (C=O) groups is 1. The van der Waals surface area contributed by atoms with Crippen LogP contribution < -0.4 is 5.73 Å². The second-order valence-corrected chi connectivity index (χ2v) is 7.12. The smallest absolute Gasteiger partial charge is 0.222 e. The summed E-state index contributed by atoms with van der Waals surface area (Å²) in [6.45, 7) is 3.61. The highest BCUT2D eigenvalue weighted by molar-refractivity contribution is 6.33. The first-order valence-electron chi connectivity index (χ1n) is 7.93. The molecule has 2 rings (SSSR count). The minimum Gasteiger partial charge on any atom is -0.343 e. The molecule has 1 aromatic carbocycles. The first-order chi connectivity index (χ1) is 10.5. The Kier molecular flexibility index (Phi) is 6.54. The van der Waals surface area contributed by atoms with Gasteiger partial charge in [0.25, 0.3) is 0 Å². The number of nitrogens with two attached hydrogens (primary N) is 1. The quantitative estimate of drug-likeness (QED) is 0.881. The van der Waals surface area contributed by atoms with Gasteiger partial charge in [-0.2, -0.15) is 0 Å². The standard InChI is InChI=1S/C17H24Cl2N2O/c1-12(20)2-5-17(22)21-8-6-13(7-9-21)10-14-11-15(18)3-4-16(14)19/h3-4,11-13H,2,5-10,20H2,1H3. The van der Waals surface area contributed by atoms with Crippen LogP contribution in [-0.2, 0) is 11.2 Å². The Morgan fingerprint density at radius 2 is 2.05 bits per heavy atom. The van der Waals surface area contributed by atoms with Crippen LogP contribution >= 0.6 is 23.2 Å². The molecule has 2 N–H and O–H groups in total. The van der Waals surface area contributed by atoms with Gasteiger partial charge in [0.15, 0.2) is 0 Å². The fourth-order valence-electron chi connectivity index (χ4n) is 2.91. The fraction of sp³-hybridized carbons (Fsp3) is 0.588. The molecule has 0 spiro atoms. The number of hydrogen-bond donors (Lipinski definition) is 1. The zero-order valence-electron chi connectivity index (χ0n) is 13.0. The highest BCUT2D eigenvalue weighted by Gasteiger charge is 2.23. The van der Waals surface area contributed by atoms with Crippen LogP contribution in [0.2, 0.25) is 10.0 Å².